The van der Waals surface area contributed by atoms with Crippen molar-refractivity contribution >= 4 is 51.2 Å². The predicted molar refractivity (Wildman–Crippen MR) is 139 cm³/mol. The maximum atomic E-state index is 13.6. The number of fused-ring (bicyclic) bond motifs is 2. The highest BCUT2D eigenvalue weighted by atomic mass is 35.5. The number of halogens is 1. The van der Waals surface area contributed by atoms with Gasteiger partial charge in [0.1, 0.15) is 12.1 Å². The first kappa shape index (κ1) is 24.0. The Labute approximate surface area is 213 Å². The second-order valence-electron chi connectivity index (χ2n) is 9.10. The van der Waals surface area contributed by atoms with Crippen LogP contribution in [0.1, 0.15) is 31.0 Å². The summed E-state index contributed by atoms with van der Waals surface area (Å²) in [4.78, 5) is 37.9. The Bertz CT molecular complexity index is 1470. The van der Waals surface area contributed by atoms with Crippen LogP contribution in [0.5, 0.6) is 0 Å². The standard InChI is InChI=1S/C26H27ClN6O3/c1-2-3-23-25(34)32(13-16-4-6-20-21(10-16)29-15-30-24(20)28)9-8-31(23)14-19-12-17-11-18(27)5-7-22(17)33(19)26(35)36/h4-7,10-12,15,23H,2-3,8-9,13-14H2,1H3,(H,35,36)(H2,28,29,30)/t23-/m0/s1. The second-order valence-corrected chi connectivity index (χ2v) is 9.54. The van der Waals surface area contributed by atoms with Crippen LogP contribution in [-0.2, 0) is 17.9 Å². The molecule has 0 unspecified atom stereocenters. The molecular weight excluding hydrogens is 480 g/mol. The molecule has 0 saturated carbocycles. The van der Waals surface area contributed by atoms with E-state index in [0.717, 1.165) is 28.3 Å². The zero-order valence-electron chi connectivity index (χ0n) is 19.9. The summed E-state index contributed by atoms with van der Waals surface area (Å²) >= 11 is 6.13. The Morgan fingerprint density at radius 3 is 2.75 bits per heavy atom. The molecule has 4 aromatic rings. The number of nitrogen functional groups attached to an aromatic ring is 1. The van der Waals surface area contributed by atoms with Crippen molar-refractivity contribution in [3.8, 4) is 0 Å². The molecule has 0 bridgehead atoms. The number of hydrogen-bond acceptors (Lipinski definition) is 6. The normalized spacial score (nSPS) is 16.8. The van der Waals surface area contributed by atoms with Gasteiger partial charge in [-0.15, -0.1) is 0 Å². The number of hydrogen-bond donors (Lipinski definition) is 2. The lowest BCUT2D eigenvalue weighted by Crippen LogP contribution is -2.56. The van der Waals surface area contributed by atoms with Crippen LogP contribution in [0, 0.1) is 0 Å². The van der Waals surface area contributed by atoms with E-state index in [1.54, 1.807) is 18.2 Å². The van der Waals surface area contributed by atoms with Gasteiger partial charge in [-0.05, 0) is 48.4 Å². The Morgan fingerprint density at radius 1 is 1.14 bits per heavy atom. The first-order chi connectivity index (χ1) is 17.4. The Balaban J connectivity index is 1.38. The third kappa shape index (κ3) is 4.47. The van der Waals surface area contributed by atoms with Crippen LogP contribution in [-0.4, -0.2) is 60.6 Å². The van der Waals surface area contributed by atoms with Gasteiger partial charge < -0.3 is 15.7 Å². The van der Waals surface area contributed by atoms with Gasteiger partial charge in [-0.25, -0.2) is 19.3 Å². The molecule has 9 nitrogen and oxygen atoms in total. The molecule has 0 radical (unpaired) electrons. The monoisotopic (exact) mass is 506 g/mol. The van der Waals surface area contributed by atoms with Gasteiger partial charge in [0.05, 0.1) is 17.1 Å². The van der Waals surface area contributed by atoms with E-state index in [2.05, 4.69) is 14.9 Å². The van der Waals surface area contributed by atoms with Crippen LogP contribution in [0.25, 0.3) is 21.8 Å². The minimum absolute atomic E-state index is 0.0476. The first-order valence-electron chi connectivity index (χ1n) is 11.9. The van der Waals surface area contributed by atoms with E-state index in [1.165, 1.54) is 10.9 Å². The molecule has 2 aromatic carbocycles. The van der Waals surface area contributed by atoms with Gasteiger partial charge in [0.15, 0.2) is 0 Å². The van der Waals surface area contributed by atoms with Gasteiger partial charge in [-0.1, -0.05) is 31.0 Å². The van der Waals surface area contributed by atoms with E-state index < -0.39 is 6.09 Å². The number of aromatic nitrogens is 3. The predicted octanol–water partition coefficient (Wildman–Crippen LogP) is 4.36. The fourth-order valence-corrected chi connectivity index (χ4v) is 5.22. The van der Waals surface area contributed by atoms with Gasteiger partial charge in [0.2, 0.25) is 5.91 Å². The third-order valence-electron chi connectivity index (χ3n) is 6.76. The number of carboxylic acid groups (broad SMARTS) is 1. The number of carbonyl (C=O) groups excluding carboxylic acids is 1. The zero-order valence-corrected chi connectivity index (χ0v) is 20.6. The Kier molecular flexibility index (Phi) is 6.51. The van der Waals surface area contributed by atoms with Crippen molar-refractivity contribution in [2.45, 2.75) is 38.9 Å². The first-order valence-corrected chi connectivity index (χ1v) is 12.3. The van der Waals surface area contributed by atoms with Gasteiger partial charge >= 0.3 is 6.09 Å². The molecule has 0 spiro atoms. The Morgan fingerprint density at radius 2 is 1.97 bits per heavy atom. The summed E-state index contributed by atoms with van der Waals surface area (Å²) < 4.78 is 1.29. The molecule has 1 saturated heterocycles. The molecule has 3 heterocycles. The molecule has 5 rings (SSSR count). The zero-order chi connectivity index (χ0) is 25.4. The summed E-state index contributed by atoms with van der Waals surface area (Å²) in [5.74, 6) is 0.478. The summed E-state index contributed by atoms with van der Waals surface area (Å²) in [7, 11) is 0. The van der Waals surface area contributed by atoms with Gasteiger partial charge in [0, 0.05) is 47.7 Å². The van der Waals surface area contributed by atoms with Crippen LogP contribution in [0.4, 0.5) is 10.6 Å². The molecule has 1 amide bonds. The van der Waals surface area contributed by atoms with Crippen molar-refractivity contribution < 1.29 is 14.7 Å². The van der Waals surface area contributed by atoms with Gasteiger partial charge in [-0.3, -0.25) is 9.69 Å². The van der Waals surface area contributed by atoms with Crippen LogP contribution in [0.2, 0.25) is 5.02 Å². The number of benzene rings is 2. The third-order valence-corrected chi connectivity index (χ3v) is 6.99. The van der Waals surface area contributed by atoms with Crippen LogP contribution >= 0.6 is 11.6 Å². The van der Waals surface area contributed by atoms with Crippen molar-refractivity contribution in [1.82, 2.24) is 24.3 Å². The van der Waals surface area contributed by atoms with E-state index in [1.807, 2.05) is 36.1 Å². The number of nitrogens with zero attached hydrogens (tertiary/aromatic N) is 5. The van der Waals surface area contributed by atoms with Crippen molar-refractivity contribution in [3.05, 3.63) is 65.1 Å². The molecule has 2 aromatic heterocycles. The van der Waals surface area contributed by atoms with E-state index in [0.29, 0.717) is 54.7 Å². The summed E-state index contributed by atoms with van der Waals surface area (Å²) in [6.07, 6.45) is 1.91. The molecule has 1 fully saturated rings. The SMILES string of the molecule is CCC[C@H]1C(=O)N(Cc2ccc3c(N)ncnc3c2)CCN1Cc1cc2cc(Cl)ccc2n1C(=O)O. The van der Waals surface area contributed by atoms with Crippen LogP contribution < -0.4 is 5.73 Å². The molecule has 1 aliphatic rings. The van der Waals surface area contributed by atoms with E-state index in [9.17, 15) is 14.7 Å². The highest BCUT2D eigenvalue weighted by Crippen LogP contribution is 2.27. The lowest BCUT2D eigenvalue weighted by atomic mass is 10.0. The van der Waals surface area contributed by atoms with Crippen LogP contribution in [0.15, 0.2) is 48.8 Å². The van der Waals surface area contributed by atoms with Crippen molar-refractivity contribution in [3.63, 3.8) is 0 Å². The minimum atomic E-state index is -1.06. The van der Waals surface area contributed by atoms with E-state index in [-0.39, 0.29) is 11.9 Å². The average Bonchev–Trinajstić information content (AvgIpc) is 3.20. The number of piperazine rings is 1. The highest BCUT2D eigenvalue weighted by Gasteiger charge is 2.35. The largest absolute Gasteiger partial charge is 0.464 e. The summed E-state index contributed by atoms with van der Waals surface area (Å²) in [6.45, 7) is 4.06. The lowest BCUT2D eigenvalue weighted by molar-refractivity contribution is -0.143. The number of anilines is 1. The molecule has 186 valence electrons. The quantitative estimate of drug-likeness (QED) is 0.399. The summed E-state index contributed by atoms with van der Waals surface area (Å²) in [6, 6.07) is 12.5. The van der Waals surface area contributed by atoms with Crippen molar-refractivity contribution in [1.29, 1.82) is 0 Å². The molecule has 36 heavy (non-hydrogen) atoms. The minimum Gasteiger partial charge on any atom is -0.464 e. The Hall–Kier alpha value is -3.69. The maximum absolute atomic E-state index is 13.6. The second kappa shape index (κ2) is 9.75. The fourth-order valence-electron chi connectivity index (χ4n) is 5.04. The lowest BCUT2D eigenvalue weighted by Gasteiger charge is -2.40. The smallest absolute Gasteiger partial charge is 0.416 e. The summed E-state index contributed by atoms with van der Waals surface area (Å²) in [5, 5.41) is 12.0. The molecule has 1 atom stereocenters. The molecule has 1 aliphatic heterocycles. The molecule has 0 aliphatic carbocycles. The number of nitrogens with two attached hydrogens (primary N) is 1. The topological polar surface area (TPSA) is 118 Å². The average molecular weight is 507 g/mol. The molecule has 3 N–H and O–H groups in total. The van der Waals surface area contributed by atoms with Crippen molar-refractivity contribution in [2.24, 2.45) is 0 Å². The van der Waals surface area contributed by atoms with E-state index >= 15 is 0 Å². The van der Waals surface area contributed by atoms with Crippen LogP contribution in [0.3, 0.4) is 0 Å². The van der Waals surface area contributed by atoms with Gasteiger partial charge in [0.25, 0.3) is 0 Å². The highest BCUT2D eigenvalue weighted by molar-refractivity contribution is 6.31. The molecule has 10 heteroatoms. The van der Waals surface area contributed by atoms with Crippen molar-refractivity contribution in [2.75, 3.05) is 18.8 Å². The van der Waals surface area contributed by atoms with E-state index in [4.69, 9.17) is 17.3 Å². The number of amides is 1. The number of rotatable bonds is 6. The number of carbonyl (C=O) groups is 2. The fraction of sp³-hybridized carbons (Fsp3) is 0.308. The molecular formula is C26H27ClN6O3. The maximum Gasteiger partial charge on any atom is 0.416 e. The van der Waals surface area contributed by atoms with Gasteiger partial charge in [-0.2, -0.15) is 0 Å². The summed E-state index contributed by atoms with van der Waals surface area (Å²) in [5.41, 5.74) is 8.86.